The Morgan fingerprint density at radius 2 is 1.97 bits per heavy atom. The van der Waals surface area contributed by atoms with Crippen LogP contribution in [0.15, 0.2) is 43.1 Å². The van der Waals surface area contributed by atoms with E-state index in [1.54, 1.807) is 40.2 Å². The van der Waals surface area contributed by atoms with Crippen LogP contribution in [0.25, 0.3) is 10.8 Å². The van der Waals surface area contributed by atoms with Crippen LogP contribution in [0.4, 0.5) is 4.79 Å². The van der Waals surface area contributed by atoms with Crippen molar-refractivity contribution in [2.75, 3.05) is 20.8 Å². The van der Waals surface area contributed by atoms with Gasteiger partial charge in [-0.2, -0.15) is 0 Å². The number of Topliss-reactive ketones (excluding diaryl/α,β-unsaturated/α-hetero) is 1. The second-order valence-electron chi connectivity index (χ2n) is 10.7. The lowest BCUT2D eigenvalue weighted by molar-refractivity contribution is -0.149. The molecule has 4 atom stereocenters. The van der Waals surface area contributed by atoms with Gasteiger partial charge in [0, 0.05) is 24.4 Å². The van der Waals surface area contributed by atoms with Crippen molar-refractivity contribution in [3.8, 4) is 11.6 Å². The number of aromatic nitrogens is 1. The Morgan fingerprint density at radius 1 is 1.22 bits per heavy atom. The Hall–Kier alpha value is -3.62. The number of pyridine rings is 1. The Morgan fingerprint density at radius 3 is 2.59 bits per heavy atom. The van der Waals surface area contributed by atoms with Crippen LogP contribution in [-0.4, -0.2) is 66.2 Å². The monoisotopic (exact) mass is 510 g/mol. The van der Waals surface area contributed by atoms with E-state index in [1.807, 2.05) is 24.3 Å². The summed E-state index contributed by atoms with van der Waals surface area (Å²) in [6.45, 7) is 9.23. The number of ketones is 1. The maximum atomic E-state index is 13.6. The second kappa shape index (κ2) is 10.0. The molecule has 1 aliphatic heterocycles. The average molecular weight is 511 g/mol. The number of carbonyl (C=O) groups excluding carboxylic acids is 3. The number of nitrogens with zero attached hydrogens (tertiary/aromatic N) is 2. The molecule has 1 saturated heterocycles. The van der Waals surface area contributed by atoms with Crippen LogP contribution in [0.2, 0.25) is 0 Å². The quantitative estimate of drug-likeness (QED) is 0.382. The van der Waals surface area contributed by atoms with Crippen molar-refractivity contribution in [1.82, 2.24) is 9.88 Å². The summed E-state index contributed by atoms with van der Waals surface area (Å²) < 4.78 is 22.1. The zero-order valence-corrected chi connectivity index (χ0v) is 22.0. The van der Waals surface area contributed by atoms with Crippen molar-refractivity contribution in [3.63, 3.8) is 0 Å². The summed E-state index contributed by atoms with van der Waals surface area (Å²) in [6, 6.07) is 6.62. The number of benzene rings is 1. The van der Waals surface area contributed by atoms with E-state index < -0.39 is 35.2 Å². The highest BCUT2D eigenvalue weighted by atomic mass is 16.6. The summed E-state index contributed by atoms with van der Waals surface area (Å²) in [7, 11) is 2.91. The zero-order valence-electron chi connectivity index (χ0n) is 22.0. The van der Waals surface area contributed by atoms with Gasteiger partial charge in [0.25, 0.3) is 0 Å². The zero-order chi connectivity index (χ0) is 27.0. The van der Waals surface area contributed by atoms with Gasteiger partial charge in [-0.1, -0.05) is 6.08 Å². The molecule has 1 aromatic carbocycles. The third-order valence-corrected chi connectivity index (χ3v) is 6.98. The van der Waals surface area contributed by atoms with Gasteiger partial charge in [-0.15, -0.1) is 6.58 Å². The maximum Gasteiger partial charge on any atom is 0.411 e. The fourth-order valence-corrected chi connectivity index (χ4v) is 5.00. The van der Waals surface area contributed by atoms with Crippen molar-refractivity contribution in [2.45, 2.75) is 57.8 Å². The first-order chi connectivity index (χ1) is 17.5. The number of rotatable bonds is 8. The average Bonchev–Trinajstić information content (AvgIpc) is 3.40. The number of methoxy groups -OCH3 is 2. The Balaban J connectivity index is 1.58. The minimum Gasteiger partial charge on any atom is -0.497 e. The molecule has 0 spiro atoms. The lowest BCUT2D eigenvalue weighted by atomic mass is 9.92. The minimum atomic E-state index is -0.928. The van der Waals surface area contributed by atoms with Gasteiger partial charge in [-0.25, -0.2) is 9.78 Å². The number of hydrogen-bond donors (Lipinski definition) is 0. The Bertz CT molecular complexity index is 1220. The molecule has 4 rings (SSSR count). The van der Waals surface area contributed by atoms with Gasteiger partial charge in [-0.3, -0.25) is 14.5 Å². The summed E-state index contributed by atoms with van der Waals surface area (Å²) in [4.78, 5) is 45.0. The van der Waals surface area contributed by atoms with Crippen molar-refractivity contribution >= 4 is 28.6 Å². The van der Waals surface area contributed by atoms with E-state index >= 15 is 0 Å². The highest BCUT2D eigenvalue weighted by molar-refractivity contribution is 5.94. The number of amides is 1. The number of allylic oxidation sites excluding steroid dienone is 1. The van der Waals surface area contributed by atoms with Gasteiger partial charge in [0.15, 0.2) is 5.78 Å². The van der Waals surface area contributed by atoms with Crippen molar-refractivity contribution in [2.24, 2.45) is 11.3 Å². The fraction of sp³-hybridized carbons (Fsp3) is 0.500. The highest BCUT2D eigenvalue weighted by Gasteiger charge is 2.61. The number of esters is 1. The van der Waals surface area contributed by atoms with Crippen LogP contribution in [0, 0.1) is 11.3 Å². The summed E-state index contributed by atoms with van der Waals surface area (Å²) in [5.74, 6) is 0.314. The normalized spacial score (nSPS) is 24.9. The Labute approximate surface area is 216 Å². The van der Waals surface area contributed by atoms with E-state index in [0.717, 1.165) is 10.8 Å². The van der Waals surface area contributed by atoms with E-state index in [2.05, 4.69) is 11.6 Å². The van der Waals surface area contributed by atoms with E-state index in [1.165, 1.54) is 12.0 Å². The second-order valence-corrected chi connectivity index (χ2v) is 10.7. The van der Waals surface area contributed by atoms with Crippen LogP contribution >= 0.6 is 0 Å². The molecule has 0 radical (unpaired) electrons. The third kappa shape index (κ3) is 5.40. The van der Waals surface area contributed by atoms with Gasteiger partial charge in [0.05, 0.1) is 32.2 Å². The molecule has 2 aliphatic rings. The molecule has 1 unspecified atom stereocenters. The molecule has 2 heterocycles. The topological polar surface area (TPSA) is 104 Å². The van der Waals surface area contributed by atoms with Gasteiger partial charge in [0.1, 0.15) is 17.5 Å². The molecule has 198 valence electrons. The molecule has 9 nitrogen and oxygen atoms in total. The highest BCUT2D eigenvalue weighted by Crippen LogP contribution is 2.57. The van der Waals surface area contributed by atoms with Crippen LogP contribution in [0.3, 0.4) is 0 Å². The standard InChI is InChI=1S/C28H34N2O7/c1-7-18-14-28(18,25(32)35-6)15-23(31)22-13-20(16-30(22)26(33)37-27(2,3)4)36-24-21-9-8-19(34-5)12-17(21)10-11-29-24/h7-12,18,20,22H,1,13-16H2,2-6H3/t18-,20-,22+,28?/m1/s1. The van der Waals surface area contributed by atoms with Crippen LogP contribution < -0.4 is 9.47 Å². The predicted octanol–water partition coefficient (Wildman–Crippen LogP) is 4.32. The van der Waals surface area contributed by atoms with Gasteiger partial charge >= 0.3 is 12.1 Å². The first-order valence-electron chi connectivity index (χ1n) is 12.3. The summed E-state index contributed by atoms with van der Waals surface area (Å²) in [5.41, 5.74) is -1.67. The number of hydrogen-bond acceptors (Lipinski definition) is 8. The first kappa shape index (κ1) is 26.4. The molecule has 2 fully saturated rings. The smallest absolute Gasteiger partial charge is 0.411 e. The summed E-state index contributed by atoms with van der Waals surface area (Å²) >= 11 is 0. The largest absolute Gasteiger partial charge is 0.497 e. The third-order valence-electron chi connectivity index (χ3n) is 6.98. The number of ether oxygens (including phenoxy) is 4. The molecular formula is C28H34N2O7. The minimum absolute atomic E-state index is 0.0423. The van der Waals surface area contributed by atoms with Crippen LogP contribution in [0.1, 0.15) is 40.0 Å². The van der Waals surface area contributed by atoms with E-state index in [-0.39, 0.29) is 31.1 Å². The van der Waals surface area contributed by atoms with E-state index in [4.69, 9.17) is 18.9 Å². The molecule has 2 aromatic rings. The number of likely N-dealkylation sites (tertiary alicyclic amines) is 1. The van der Waals surface area contributed by atoms with Gasteiger partial charge in [-0.05, 0) is 62.8 Å². The predicted molar refractivity (Wildman–Crippen MR) is 136 cm³/mol. The molecule has 1 aromatic heterocycles. The fourth-order valence-electron chi connectivity index (χ4n) is 5.00. The molecule has 9 heteroatoms. The van der Waals surface area contributed by atoms with Crippen LogP contribution in [-0.2, 0) is 19.1 Å². The molecule has 37 heavy (non-hydrogen) atoms. The SMILES string of the molecule is C=C[C@@H]1CC1(CC(=O)[C@@H]1C[C@@H](Oc2nccc3cc(OC)ccc23)CN1C(=O)OC(C)(C)C)C(=O)OC. The van der Waals surface area contributed by atoms with Gasteiger partial charge in [0.2, 0.25) is 5.88 Å². The molecule has 0 bridgehead atoms. The molecule has 0 N–H and O–H groups in total. The lowest BCUT2D eigenvalue weighted by Crippen LogP contribution is -2.44. The Kier molecular flexibility index (Phi) is 7.17. The van der Waals surface area contributed by atoms with Crippen molar-refractivity contribution < 1.29 is 33.3 Å². The summed E-state index contributed by atoms with van der Waals surface area (Å²) in [5, 5.41) is 1.68. The first-order valence-corrected chi connectivity index (χ1v) is 12.3. The van der Waals surface area contributed by atoms with E-state index in [9.17, 15) is 14.4 Å². The van der Waals surface area contributed by atoms with Crippen molar-refractivity contribution in [3.05, 3.63) is 43.1 Å². The number of fused-ring (bicyclic) bond motifs is 1. The van der Waals surface area contributed by atoms with E-state index in [0.29, 0.717) is 18.1 Å². The summed E-state index contributed by atoms with van der Waals surface area (Å²) in [6.07, 6.45) is 2.93. The van der Waals surface area contributed by atoms with Gasteiger partial charge < -0.3 is 18.9 Å². The van der Waals surface area contributed by atoms with Crippen LogP contribution in [0.5, 0.6) is 11.6 Å². The molecule has 1 amide bonds. The molecular weight excluding hydrogens is 476 g/mol. The van der Waals surface area contributed by atoms with Crippen molar-refractivity contribution in [1.29, 1.82) is 0 Å². The maximum absolute atomic E-state index is 13.6. The lowest BCUT2D eigenvalue weighted by Gasteiger charge is -2.28. The molecule has 1 aliphatic carbocycles. The number of carbonyl (C=O) groups is 3. The molecule has 1 saturated carbocycles.